The Morgan fingerprint density at radius 3 is 2.53 bits per heavy atom. The van der Waals surface area contributed by atoms with Gasteiger partial charge in [0.2, 0.25) is 0 Å². The highest BCUT2D eigenvalue weighted by atomic mass is 16.5. The van der Waals surface area contributed by atoms with E-state index in [4.69, 9.17) is 4.74 Å². The molecule has 2 nitrogen and oxygen atoms in total. The average Bonchev–Trinajstić information content (AvgIpc) is 2.57. The van der Waals surface area contributed by atoms with Crippen LogP contribution < -0.4 is 0 Å². The first-order valence-electron chi connectivity index (χ1n) is 5.20. The van der Waals surface area contributed by atoms with Crippen LogP contribution in [-0.4, -0.2) is 12.2 Å². The highest BCUT2D eigenvalue weighted by Crippen LogP contribution is 2.43. The smallest absolute Gasteiger partial charge is 0.147 e. The summed E-state index contributed by atoms with van der Waals surface area (Å²) >= 11 is 0. The van der Waals surface area contributed by atoms with Gasteiger partial charge in [-0.1, -0.05) is 30.3 Å². The molecule has 1 aliphatic carbocycles. The van der Waals surface area contributed by atoms with Gasteiger partial charge < -0.3 is 9.84 Å². The number of hydrogen-bond donors (Lipinski definition) is 1. The third-order valence-electron chi connectivity index (χ3n) is 3.08. The number of benzene rings is 1. The maximum Gasteiger partial charge on any atom is 0.147 e. The first kappa shape index (κ1) is 10.2. The lowest BCUT2D eigenvalue weighted by Gasteiger charge is -2.26. The molecular weight excluding hydrogens is 188 g/mol. The van der Waals surface area contributed by atoms with E-state index in [1.165, 1.54) is 0 Å². The van der Waals surface area contributed by atoms with Crippen molar-refractivity contribution in [2.45, 2.75) is 25.4 Å². The summed E-state index contributed by atoms with van der Waals surface area (Å²) in [6.45, 7) is 2.01. The third-order valence-corrected chi connectivity index (χ3v) is 3.08. The molecular formula is C13H16O2. The van der Waals surface area contributed by atoms with E-state index >= 15 is 0 Å². The van der Waals surface area contributed by atoms with Crippen molar-refractivity contribution in [1.82, 2.24) is 0 Å². The molecule has 2 rings (SSSR count). The fourth-order valence-corrected chi connectivity index (χ4v) is 2.28. The normalized spacial score (nSPS) is 25.8. The molecule has 15 heavy (non-hydrogen) atoms. The van der Waals surface area contributed by atoms with Gasteiger partial charge in [0.15, 0.2) is 0 Å². The van der Waals surface area contributed by atoms with Crippen LogP contribution in [0.25, 0.3) is 0 Å². The molecule has 0 heterocycles. The van der Waals surface area contributed by atoms with Crippen molar-refractivity contribution in [1.29, 1.82) is 0 Å². The Kier molecular flexibility index (Phi) is 2.53. The van der Waals surface area contributed by atoms with E-state index in [1.807, 2.05) is 37.3 Å². The van der Waals surface area contributed by atoms with Crippen LogP contribution >= 0.6 is 0 Å². The number of methoxy groups -OCH3 is 1. The molecule has 2 heteroatoms. The van der Waals surface area contributed by atoms with E-state index in [0.717, 1.165) is 17.6 Å². The first-order valence-corrected chi connectivity index (χ1v) is 5.20. The Hall–Kier alpha value is -1.28. The Bertz CT molecular complexity index is 381. The van der Waals surface area contributed by atoms with Gasteiger partial charge in [0, 0.05) is 0 Å². The summed E-state index contributed by atoms with van der Waals surface area (Å²) in [5.74, 6) is 0.716. The lowest BCUT2D eigenvalue weighted by atomic mass is 9.92. The second-order valence-electron chi connectivity index (χ2n) is 4.04. The van der Waals surface area contributed by atoms with Gasteiger partial charge in [0.25, 0.3) is 0 Å². The molecule has 1 atom stereocenters. The van der Waals surface area contributed by atoms with E-state index in [-0.39, 0.29) is 0 Å². The number of rotatable bonds is 2. The lowest BCUT2D eigenvalue weighted by molar-refractivity contribution is 0.0235. The Morgan fingerprint density at radius 1 is 1.27 bits per heavy atom. The summed E-state index contributed by atoms with van der Waals surface area (Å²) in [5, 5.41) is 10.6. The maximum absolute atomic E-state index is 10.6. The van der Waals surface area contributed by atoms with Crippen LogP contribution in [0.1, 0.15) is 25.3 Å². The van der Waals surface area contributed by atoms with Gasteiger partial charge in [-0.2, -0.15) is 0 Å². The van der Waals surface area contributed by atoms with E-state index in [9.17, 15) is 5.11 Å². The van der Waals surface area contributed by atoms with E-state index in [2.05, 4.69) is 0 Å². The fourth-order valence-electron chi connectivity index (χ4n) is 2.28. The molecule has 0 saturated carbocycles. The van der Waals surface area contributed by atoms with Gasteiger partial charge in [0.05, 0.1) is 7.11 Å². The summed E-state index contributed by atoms with van der Waals surface area (Å²) in [4.78, 5) is 0. The molecule has 0 aromatic heterocycles. The number of ether oxygens (including phenoxy) is 1. The minimum absolute atomic E-state index is 0.714. The van der Waals surface area contributed by atoms with Crippen molar-refractivity contribution >= 4 is 0 Å². The van der Waals surface area contributed by atoms with Crippen LogP contribution in [0, 0.1) is 0 Å². The van der Waals surface area contributed by atoms with Gasteiger partial charge in [-0.05, 0) is 30.9 Å². The van der Waals surface area contributed by atoms with Crippen LogP contribution in [0.2, 0.25) is 0 Å². The largest absolute Gasteiger partial charge is 0.498 e. The summed E-state index contributed by atoms with van der Waals surface area (Å²) in [6, 6.07) is 9.71. The molecule has 0 aliphatic heterocycles. The highest BCUT2D eigenvalue weighted by Gasteiger charge is 2.40. The topological polar surface area (TPSA) is 29.5 Å². The molecule has 1 aromatic carbocycles. The standard InChI is InChI=1S/C13H16O2/c1-10-8-9-13(14,12(10)15-2)11-6-4-3-5-7-11/h3-7,14H,8-9H2,1-2H3. The van der Waals surface area contributed by atoms with Crippen LogP contribution in [0.5, 0.6) is 0 Å². The van der Waals surface area contributed by atoms with Gasteiger partial charge in [-0.3, -0.25) is 0 Å². The molecule has 1 aliphatic rings. The predicted octanol–water partition coefficient (Wildman–Crippen LogP) is 2.59. The minimum atomic E-state index is -0.917. The molecule has 1 unspecified atom stereocenters. The van der Waals surface area contributed by atoms with Crippen molar-refractivity contribution < 1.29 is 9.84 Å². The highest BCUT2D eigenvalue weighted by molar-refractivity contribution is 5.35. The zero-order valence-electron chi connectivity index (χ0n) is 9.16. The third kappa shape index (κ3) is 1.55. The molecule has 1 N–H and O–H groups in total. The van der Waals surface area contributed by atoms with Crippen LogP contribution in [0.3, 0.4) is 0 Å². The van der Waals surface area contributed by atoms with E-state index in [0.29, 0.717) is 12.2 Å². The molecule has 0 radical (unpaired) electrons. The van der Waals surface area contributed by atoms with Gasteiger partial charge >= 0.3 is 0 Å². The Labute approximate surface area is 90.2 Å². The van der Waals surface area contributed by atoms with Crippen molar-refractivity contribution in [3.63, 3.8) is 0 Å². The SMILES string of the molecule is COC1=C(C)CCC1(O)c1ccccc1. The van der Waals surface area contributed by atoms with Crippen molar-refractivity contribution in [2.24, 2.45) is 0 Å². The molecule has 0 spiro atoms. The molecule has 1 aromatic rings. The Balaban J connectivity index is 2.45. The maximum atomic E-state index is 10.6. The van der Waals surface area contributed by atoms with Crippen molar-refractivity contribution in [3.8, 4) is 0 Å². The first-order chi connectivity index (χ1) is 7.18. The number of aliphatic hydroxyl groups is 1. The van der Waals surface area contributed by atoms with Crippen molar-refractivity contribution in [2.75, 3.05) is 7.11 Å². The molecule has 80 valence electrons. The molecule has 0 amide bonds. The summed E-state index contributed by atoms with van der Waals surface area (Å²) in [6.07, 6.45) is 1.61. The van der Waals surface area contributed by atoms with E-state index < -0.39 is 5.60 Å². The molecule has 0 saturated heterocycles. The van der Waals surface area contributed by atoms with Crippen LogP contribution in [0.4, 0.5) is 0 Å². The van der Waals surface area contributed by atoms with Gasteiger partial charge in [-0.25, -0.2) is 0 Å². The lowest BCUT2D eigenvalue weighted by Crippen LogP contribution is -2.26. The van der Waals surface area contributed by atoms with Crippen LogP contribution in [-0.2, 0) is 10.3 Å². The summed E-state index contributed by atoms with van der Waals surface area (Å²) in [5.41, 5.74) is 1.14. The Morgan fingerprint density at radius 2 is 1.93 bits per heavy atom. The second kappa shape index (κ2) is 3.70. The number of hydrogen-bond acceptors (Lipinski definition) is 2. The second-order valence-corrected chi connectivity index (χ2v) is 4.04. The predicted molar refractivity (Wildman–Crippen MR) is 59.3 cm³/mol. The van der Waals surface area contributed by atoms with Gasteiger partial charge in [-0.15, -0.1) is 0 Å². The zero-order chi connectivity index (χ0) is 10.9. The van der Waals surface area contributed by atoms with Crippen molar-refractivity contribution in [3.05, 3.63) is 47.2 Å². The van der Waals surface area contributed by atoms with Crippen LogP contribution in [0.15, 0.2) is 41.7 Å². The summed E-state index contributed by atoms with van der Waals surface area (Å²) < 4.78 is 5.32. The average molecular weight is 204 g/mol. The minimum Gasteiger partial charge on any atom is -0.498 e. The monoisotopic (exact) mass is 204 g/mol. The quantitative estimate of drug-likeness (QED) is 0.802. The van der Waals surface area contributed by atoms with E-state index in [1.54, 1.807) is 7.11 Å². The zero-order valence-corrected chi connectivity index (χ0v) is 9.16. The molecule has 0 bridgehead atoms. The van der Waals surface area contributed by atoms with Gasteiger partial charge in [0.1, 0.15) is 11.4 Å². The molecule has 0 fully saturated rings. The fraction of sp³-hybridized carbons (Fsp3) is 0.385. The number of allylic oxidation sites excluding steroid dienone is 1. The summed E-state index contributed by atoms with van der Waals surface area (Å²) in [7, 11) is 1.62.